The third kappa shape index (κ3) is 2.19. The summed E-state index contributed by atoms with van der Waals surface area (Å²) in [6.45, 7) is 8.35. The summed E-state index contributed by atoms with van der Waals surface area (Å²) < 4.78 is 1.80. The molecule has 0 aromatic carbocycles. The van der Waals surface area contributed by atoms with E-state index in [1.807, 2.05) is 19.9 Å². The Kier molecular flexibility index (Phi) is 3.14. The highest BCUT2D eigenvalue weighted by Gasteiger charge is 2.10. The lowest BCUT2D eigenvalue weighted by atomic mass is 10.4. The average molecular weight is 236 g/mol. The minimum atomic E-state index is 0.541. The highest BCUT2D eigenvalue weighted by atomic mass is 32.2. The molecule has 2 heterocycles. The largest absolute Gasteiger partial charge is 0.253 e. The molecule has 1 atom stereocenters. The van der Waals surface area contributed by atoms with Gasteiger partial charge >= 0.3 is 0 Å². The summed E-state index contributed by atoms with van der Waals surface area (Å²) in [6.07, 6.45) is 1.12. The van der Waals surface area contributed by atoms with Crippen LogP contribution in [0.2, 0.25) is 0 Å². The number of thioether (sulfide) groups is 1. The average Bonchev–Trinajstić information content (AvgIpc) is 2.60. The summed E-state index contributed by atoms with van der Waals surface area (Å²) in [7, 11) is 0. The van der Waals surface area contributed by atoms with E-state index < -0.39 is 0 Å². The Balaban J connectivity index is 2.40. The van der Waals surface area contributed by atoms with Gasteiger partial charge in [0.15, 0.2) is 0 Å². The molecule has 0 spiro atoms. The van der Waals surface area contributed by atoms with Crippen molar-refractivity contribution in [2.24, 2.45) is 0 Å². The zero-order valence-corrected chi connectivity index (χ0v) is 10.9. The second-order valence-corrected chi connectivity index (χ2v) is 5.39. The molecule has 2 aromatic heterocycles. The molecule has 0 saturated heterocycles. The van der Waals surface area contributed by atoms with Crippen LogP contribution in [0.5, 0.6) is 0 Å². The lowest BCUT2D eigenvalue weighted by Crippen LogP contribution is -1.97. The maximum Gasteiger partial charge on any atom is 0.253 e. The Hall–Kier alpha value is -1.10. The first-order valence-corrected chi connectivity index (χ1v) is 6.35. The van der Waals surface area contributed by atoms with Crippen LogP contribution in [-0.2, 0) is 0 Å². The summed E-state index contributed by atoms with van der Waals surface area (Å²) in [4.78, 5) is 8.79. The van der Waals surface area contributed by atoms with Gasteiger partial charge in [0.1, 0.15) is 0 Å². The molecule has 0 amide bonds. The fourth-order valence-corrected chi connectivity index (χ4v) is 2.25. The standard InChI is InChI=1S/C11H16N4S/c1-5-9(4)16-11-13-10-12-7(2)6-8(3)15(10)14-11/h6,9H,5H2,1-4H3/t9-/m0/s1. The number of hydrogen-bond donors (Lipinski definition) is 0. The summed E-state index contributed by atoms with van der Waals surface area (Å²) in [6, 6.07) is 2.01. The highest BCUT2D eigenvalue weighted by molar-refractivity contribution is 7.99. The van der Waals surface area contributed by atoms with Gasteiger partial charge in [-0.1, -0.05) is 25.6 Å². The second kappa shape index (κ2) is 4.41. The van der Waals surface area contributed by atoms with Gasteiger partial charge < -0.3 is 0 Å². The second-order valence-electron chi connectivity index (χ2n) is 3.98. The van der Waals surface area contributed by atoms with E-state index in [0.29, 0.717) is 11.0 Å². The van der Waals surface area contributed by atoms with Crippen LogP contribution in [0.3, 0.4) is 0 Å². The van der Waals surface area contributed by atoms with Gasteiger partial charge in [-0.3, -0.25) is 0 Å². The van der Waals surface area contributed by atoms with Crippen LogP contribution in [0.25, 0.3) is 5.78 Å². The molecule has 0 N–H and O–H groups in total. The zero-order chi connectivity index (χ0) is 11.7. The molecule has 5 heteroatoms. The van der Waals surface area contributed by atoms with Crippen LogP contribution in [0, 0.1) is 13.8 Å². The molecule has 0 aliphatic heterocycles. The van der Waals surface area contributed by atoms with Crippen molar-refractivity contribution in [3.05, 3.63) is 17.5 Å². The van der Waals surface area contributed by atoms with Gasteiger partial charge in [-0.2, -0.15) is 4.98 Å². The quantitative estimate of drug-likeness (QED) is 0.768. The van der Waals surface area contributed by atoms with E-state index in [-0.39, 0.29) is 0 Å². The molecule has 4 nitrogen and oxygen atoms in total. The van der Waals surface area contributed by atoms with E-state index >= 15 is 0 Å². The van der Waals surface area contributed by atoms with Gasteiger partial charge in [-0.25, -0.2) is 9.50 Å². The van der Waals surface area contributed by atoms with Crippen LogP contribution >= 0.6 is 11.8 Å². The number of fused-ring (bicyclic) bond motifs is 1. The molecule has 0 fully saturated rings. The van der Waals surface area contributed by atoms with E-state index in [2.05, 4.69) is 28.9 Å². The van der Waals surface area contributed by atoms with Gasteiger partial charge in [0, 0.05) is 16.6 Å². The van der Waals surface area contributed by atoms with Crippen molar-refractivity contribution in [2.45, 2.75) is 44.5 Å². The van der Waals surface area contributed by atoms with Crippen LogP contribution in [-0.4, -0.2) is 24.8 Å². The third-order valence-electron chi connectivity index (χ3n) is 2.48. The fourth-order valence-electron chi connectivity index (χ4n) is 1.46. The molecular formula is C11H16N4S. The summed E-state index contributed by atoms with van der Waals surface area (Å²) in [5.41, 5.74) is 2.06. The Labute approximate surface area is 99.5 Å². The van der Waals surface area contributed by atoms with E-state index in [4.69, 9.17) is 0 Å². The summed E-state index contributed by atoms with van der Waals surface area (Å²) in [5, 5.41) is 5.80. The molecule has 0 aliphatic carbocycles. The topological polar surface area (TPSA) is 43.1 Å². The van der Waals surface area contributed by atoms with Gasteiger partial charge in [-0.05, 0) is 26.3 Å². The van der Waals surface area contributed by atoms with Crippen molar-refractivity contribution >= 4 is 17.5 Å². The normalized spacial score (nSPS) is 13.2. The number of aromatic nitrogens is 4. The third-order valence-corrected chi connectivity index (χ3v) is 3.60. The molecule has 0 bridgehead atoms. The number of hydrogen-bond acceptors (Lipinski definition) is 4. The predicted octanol–water partition coefficient (Wildman–Crippen LogP) is 2.63. The van der Waals surface area contributed by atoms with Crippen molar-refractivity contribution in [3.63, 3.8) is 0 Å². The SMILES string of the molecule is CC[C@H](C)Sc1nc2nc(C)cc(C)n2n1. The first kappa shape index (κ1) is 11.4. The molecule has 0 aliphatic rings. The Bertz CT molecular complexity index is 506. The Morgan fingerprint density at radius 2 is 2.12 bits per heavy atom. The van der Waals surface area contributed by atoms with Gasteiger partial charge in [-0.15, -0.1) is 5.10 Å². The molecule has 86 valence electrons. The molecule has 2 rings (SSSR count). The van der Waals surface area contributed by atoms with Gasteiger partial charge in [0.05, 0.1) is 0 Å². The number of nitrogens with zero attached hydrogens (tertiary/aromatic N) is 4. The van der Waals surface area contributed by atoms with Gasteiger partial charge in [0.25, 0.3) is 5.78 Å². The highest BCUT2D eigenvalue weighted by Crippen LogP contribution is 2.22. The summed E-state index contributed by atoms with van der Waals surface area (Å²) >= 11 is 1.70. The van der Waals surface area contributed by atoms with E-state index in [1.165, 1.54) is 0 Å². The van der Waals surface area contributed by atoms with Crippen molar-refractivity contribution in [3.8, 4) is 0 Å². The first-order chi connectivity index (χ1) is 7.60. The molecule has 2 aromatic rings. The predicted molar refractivity (Wildman–Crippen MR) is 65.9 cm³/mol. The molecule has 0 radical (unpaired) electrons. The number of aryl methyl sites for hydroxylation is 2. The monoisotopic (exact) mass is 236 g/mol. The van der Waals surface area contributed by atoms with Crippen LogP contribution in [0.15, 0.2) is 11.2 Å². The smallest absolute Gasteiger partial charge is 0.216 e. The molecular weight excluding hydrogens is 220 g/mol. The maximum absolute atomic E-state index is 4.45. The molecule has 0 saturated carbocycles. The van der Waals surface area contributed by atoms with Crippen LogP contribution in [0.4, 0.5) is 0 Å². The summed E-state index contributed by atoms with van der Waals surface area (Å²) in [5.74, 6) is 0.698. The fraction of sp³-hybridized carbons (Fsp3) is 0.545. The minimum Gasteiger partial charge on any atom is -0.216 e. The van der Waals surface area contributed by atoms with Crippen LogP contribution < -0.4 is 0 Å². The Morgan fingerprint density at radius 3 is 2.81 bits per heavy atom. The van der Waals surface area contributed by atoms with Crippen LogP contribution in [0.1, 0.15) is 31.7 Å². The maximum atomic E-state index is 4.45. The Morgan fingerprint density at radius 1 is 1.38 bits per heavy atom. The minimum absolute atomic E-state index is 0.541. The van der Waals surface area contributed by atoms with Crippen molar-refractivity contribution < 1.29 is 0 Å². The van der Waals surface area contributed by atoms with E-state index in [9.17, 15) is 0 Å². The molecule has 0 unspecified atom stereocenters. The number of rotatable bonds is 3. The first-order valence-electron chi connectivity index (χ1n) is 5.48. The van der Waals surface area contributed by atoms with Crippen molar-refractivity contribution in [1.29, 1.82) is 0 Å². The molecule has 16 heavy (non-hydrogen) atoms. The van der Waals surface area contributed by atoms with Gasteiger partial charge in [0.2, 0.25) is 5.16 Å². The van der Waals surface area contributed by atoms with E-state index in [0.717, 1.165) is 23.0 Å². The zero-order valence-electron chi connectivity index (χ0n) is 10.1. The van der Waals surface area contributed by atoms with E-state index in [1.54, 1.807) is 16.3 Å². The van der Waals surface area contributed by atoms with Crippen molar-refractivity contribution in [1.82, 2.24) is 19.6 Å². The lowest BCUT2D eigenvalue weighted by molar-refractivity contribution is 0.834. The lowest BCUT2D eigenvalue weighted by Gasteiger charge is -2.02. The van der Waals surface area contributed by atoms with Crippen molar-refractivity contribution in [2.75, 3.05) is 0 Å².